The lowest BCUT2D eigenvalue weighted by molar-refractivity contribution is 0.0963. The summed E-state index contributed by atoms with van der Waals surface area (Å²) in [6.45, 7) is 2.13. The van der Waals surface area contributed by atoms with Gasteiger partial charge in [0.05, 0.1) is 30.2 Å². The third-order valence-electron chi connectivity index (χ3n) is 5.55. The first-order chi connectivity index (χ1) is 17.5. The second kappa shape index (κ2) is 9.38. The van der Waals surface area contributed by atoms with Crippen molar-refractivity contribution < 1.29 is 18.4 Å². The molecule has 0 atom stereocenters. The normalized spacial score (nSPS) is 15.2. The molecule has 1 aliphatic heterocycles. The Bertz CT molecular complexity index is 1320. The molecule has 0 bridgehead atoms. The maximum absolute atomic E-state index is 12.9. The van der Waals surface area contributed by atoms with Gasteiger partial charge in [-0.05, 0) is 26.0 Å². The first kappa shape index (κ1) is 19.3. The summed E-state index contributed by atoms with van der Waals surface area (Å²) in [4.78, 5) is 34.8. The molecule has 2 aromatic heterocycles. The lowest BCUT2D eigenvalue weighted by Gasteiger charge is -2.22. The highest BCUT2D eigenvalue weighted by Crippen LogP contribution is 2.38. The number of nitrogens with one attached hydrogen (secondary N) is 2. The SMILES string of the molecule is [2H]C([2H])([2H])NC(=O)c1cnc(N2CCN(C(C)C)C2=O)cc1Nc1cccc(-c2cnn(C)n2)c1OC. The van der Waals surface area contributed by atoms with Crippen molar-refractivity contribution in [2.24, 2.45) is 7.05 Å². The first-order valence-electron chi connectivity index (χ1n) is 12.2. The third-order valence-corrected chi connectivity index (χ3v) is 5.55. The van der Waals surface area contributed by atoms with Gasteiger partial charge in [0, 0.05) is 55.1 Å². The van der Waals surface area contributed by atoms with Gasteiger partial charge < -0.3 is 20.3 Å². The maximum atomic E-state index is 12.9. The van der Waals surface area contributed by atoms with Gasteiger partial charge in [-0.15, -0.1) is 0 Å². The van der Waals surface area contributed by atoms with Crippen molar-refractivity contribution in [1.29, 1.82) is 0 Å². The lowest BCUT2D eigenvalue weighted by Crippen LogP contribution is -2.36. The number of hydrogen-bond donors (Lipinski definition) is 2. The van der Waals surface area contributed by atoms with E-state index in [0.29, 0.717) is 41.6 Å². The van der Waals surface area contributed by atoms with Crippen molar-refractivity contribution in [2.45, 2.75) is 19.9 Å². The van der Waals surface area contributed by atoms with E-state index in [0.717, 1.165) is 0 Å². The van der Waals surface area contributed by atoms with Crippen LogP contribution in [0.4, 0.5) is 22.0 Å². The van der Waals surface area contributed by atoms with Crippen molar-refractivity contribution in [2.75, 3.05) is 37.4 Å². The molecule has 178 valence electrons. The summed E-state index contributed by atoms with van der Waals surface area (Å²) in [5.74, 6) is -0.0842. The number of carbonyl (C=O) groups excluding carboxylic acids is 2. The average Bonchev–Trinajstić information content (AvgIpc) is 3.43. The number of ether oxygens (including phenoxy) is 1. The molecule has 0 unspecified atom stereocenters. The smallest absolute Gasteiger partial charge is 0.326 e. The van der Waals surface area contributed by atoms with Crippen LogP contribution in [0, 0.1) is 0 Å². The van der Waals surface area contributed by atoms with Crippen LogP contribution < -0.4 is 20.3 Å². The highest BCUT2D eigenvalue weighted by molar-refractivity contribution is 6.02. The molecule has 0 saturated carbocycles. The fourth-order valence-corrected chi connectivity index (χ4v) is 3.86. The summed E-state index contributed by atoms with van der Waals surface area (Å²) < 4.78 is 27.9. The average molecular weight is 468 g/mol. The van der Waals surface area contributed by atoms with Gasteiger partial charge in [-0.1, -0.05) is 6.07 Å². The Hall–Kier alpha value is -4.15. The molecular weight excluding hydrogens is 436 g/mol. The van der Waals surface area contributed by atoms with E-state index >= 15 is 0 Å². The van der Waals surface area contributed by atoms with E-state index in [2.05, 4.69) is 20.5 Å². The number of benzene rings is 1. The molecule has 0 radical (unpaired) electrons. The number of carbonyl (C=O) groups is 2. The second-order valence-electron chi connectivity index (χ2n) is 7.99. The molecule has 1 fully saturated rings. The number of aromatic nitrogens is 4. The molecule has 3 aromatic rings. The lowest BCUT2D eigenvalue weighted by atomic mass is 10.1. The predicted molar refractivity (Wildman–Crippen MR) is 128 cm³/mol. The molecule has 34 heavy (non-hydrogen) atoms. The summed E-state index contributed by atoms with van der Waals surface area (Å²) in [6.07, 6.45) is 2.85. The van der Waals surface area contributed by atoms with Gasteiger partial charge in [-0.25, -0.2) is 9.78 Å². The van der Waals surface area contributed by atoms with Gasteiger partial charge in [0.15, 0.2) is 5.75 Å². The minimum atomic E-state index is -2.70. The molecule has 1 aromatic carbocycles. The summed E-state index contributed by atoms with van der Waals surface area (Å²) in [5, 5.41) is 13.6. The molecular formula is C23H28N8O3. The van der Waals surface area contributed by atoms with E-state index in [-0.39, 0.29) is 23.3 Å². The van der Waals surface area contributed by atoms with E-state index in [1.165, 1.54) is 23.0 Å². The molecule has 1 saturated heterocycles. The zero-order valence-electron chi connectivity index (χ0n) is 22.4. The standard InChI is InChI=1S/C23H28N8O3/c1-14(2)30-9-10-31(23(30)33)20-11-18(16(12-25-20)22(32)24-3)27-17-8-6-7-15(21(17)34-5)19-13-26-29(4)28-19/h6-8,11-14H,9-10H2,1-5H3,(H,24,32)(H,25,27)/i3D3. The zero-order chi connectivity index (χ0) is 26.9. The van der Waals surface area contributed by atoms with Crippen molar-refractivity contribution >= 4 is 29.1 Å². The number of methoxy groups -OCH3 is 1. The number of pyridine rings is 1. The highest BCUT2D eigenvalue weighted by atomic mass is 16.5. The molecule has 2 N–H and O–H groups in total. The monoisotopic (exact) mass is 467 g/mol. The Morgan fingerprint density at radius 2 is 2.06 bits per heavy atom. The molecule has 11 nitrogen and oxygen atoms in total. The van der Waals surface area contributed by atoms with Gasteiger partial charge in [-0.3, -0.25) is 9.69 Å². The highest BCUT2D eigenvalue weighted by Gasteiger charge is 2.32. The molecule has 1 aliphatic rings. The van der Waals surface area contributed by atoms with Crippen molar-refractivity contribution in [3.8, 4) is 17.0 Å². The van der Waals surface area contributed by atoms with Gasteiger partial charge >= 0.3 is 6.03 Å². The Kier molecular flexibility index (Phi) is 5.33. The van der Waals surface area contributed by atoms with Crippen LogP contribution in [0.3, 0.4) is 0 Å². The fraction of sp³-hybridized carbons (Fsp3) is 0.348. The quantitative estimate of drug-likeness (QED) is 0.548. The Morgan fingerprint density at radius 1 is 1.24 bits per heavy atom. The number of amides is 3. The van der Waals surface area contributed by atoms with Crippen LogP contribution in [-0.2, 0) is 7.05 Å². The summed E-state index contributed by atoms with van der Waals surface area (Å²) >= 11 is 0. The first-order valence-corrected chi connectivity index (χ1v) is 10.7. The topological polar surface area (TPSA) is 118 Å². The third kappa shape index (κ3) is 4.24. The second-order valence-corrected chi connectivity index (χ2v) is 7.99. The molecule has 3 heterocycles. The Morgan fingerprint density at radius 3 is 2.71 bits per heavy atom. The molecule has 11 heteroatoms. The van der Waals surface area contributed by atoms with Crippen LogP contribution in [0.1, 0.15) is 28.3 Å². The number of aryl methyl sites for hydroxylation is 1. The van der Waals surface area contributed by atoms with Crippen molar-refractivity contribution in [3.05, 3.63) is 42.2 Å². The number of rotatable bonds is 7. The number of para-hydroxylation sites is 1. The van der Waals surface area contributed by atoms with Crippen LogP contribution in [0.25, 0.3) is 11.3 Å². The molecule has 0 spiro atoms. The zero-order valence-corrected chi connectivity index (χ0v) is 19.4. The van der Waals surface area contributed by atoms with E-state index in [1.807, 2.05) is 25.2 Å². The van der Waals surface area contributed by atoms with Gasteiger partial charge in [0.25, 0.3) is 5.91 Å². The van der Waals surface area contributed by atoms with Crippen LogP contribution in [-0.4, -0.2) is 70.0 Å². The van der Waals surface area contributed by atoms with Crippen LogP contribution in [0.15, 0.2) is 36.7 Å². The van der Waals surface area contributed by atoms with E-state index in [9.17, 15) is 9.59 Å². The summed E-state index contributed by atoms with van der Waals surface area (Å²) in [6, 6.07) is 6.71. The summed E-state index contributed by atoms with van der Waals surface area (Å²) in [7, 11) is 3.20. The Balaban J connectivity index is 1.77. The van der Waals surface area contributed by atoms with Gasteiger partial charge in [0.1, 0.15) is 11.5 Å². The van der Waals surface area contributed by atoms with Gasteiger partial charge in [-0.2, -0.15) is 15.0 Å². The number of anilines is 3. The Labute approximate surface area is 201 Å². The largest absolute Gasteiger partial charge is 0.494 e. The summed E-state index contributed by atoms with van der Waals surface area (Å²) in [5.41, 5.74) is 1.96. The van der Waals surface area contributed by atoms with Crippen LogP contribution in [0.5, 0.6) is 5.75 Å². The molecule has 4 rings (SSSR count). The maximum Gasteiger partial charge on any atom is 0.326 e. The minimum absolute atomic E-state index is 0.0146. The van der Waals surface area contributed by atoms with E-state index < -0.39 is 12.9 Å². The van der Waals surface area contributed by atoms with Gasteiger partial charge in [0.2, 0.25) is 0 Å². The minimum Gasteiger partial charge on any atom is -0.494 e. The number of nitrogens with zero attached hydrogens (tertiary/aromatic N) is 6. The van der Waals surface area contributed by atoms with Crippen LogP contribution in [0.2, 0.25) is 0 Å². The fourth-order valence-electron chi connectivity index (χ4n) is 3.86. The van der Waals surface area contributed by atoms with E-state index in [1.54, 1.807) is 36.3 Å². The predicted octanol–water partition coefficient (Wildman–Crippen LogP) is 2.64. The van der Waals surface area contributed by atoms with Crippen LogP contribution >= 0.6 is 0 Å². The van der Waals surface area contributed by atoms with Crippen molar-refractivity contribution in [3.63, 3.8) is 0 Å². The number of urea groups is 1. The van der Waals surface area contributed by atoms with Crippen molar-refractivity contribution in [1.82, 2.24) is 30.2 Å². The van der Waals surface area contributed by atoms with E-state index in [4.69, 9.17) is 8.85 Å². The molecule has 3 amide bonds. The number of hydrogen-bond acceptors (Lipinski definition) is 7. The molecule has 0 aliphatic carbocycles.